The Kier molecular flexibility index (Phi) is 5.84. The topological polar surface area (TPSA) is 38.7 Å². The van der Waals surface area contributed by atoms with Gasteiger partial charge in [-0.25, -0.2) is 4.98 Å². The van der Waals surface area contributed by atoms with Crippen molar-refractivity contribution in [3.8, 4) is 45.0 Å². The van der Waals surface area contributed by atoms with Gasteiger partial charge in [-0.2, -0.15) is 9.97 Å². The highest BCUT2D eigenvalue weighted by atomic mass is 35.5. The lowest BCUT2D eigenvalue weighted by atomic mass is 9.99. The number of halogens is 1. The maximum atomic E-state index is 6.42. The van der Waals surface area contributed by atoms with Crippen LogP contribution in [-0.2, 0) is 0 Å². The fraction of sp³-hybridized carbons (Fsp3) is 0. The summed E-state index contributed by atoms with van der Waals surface area (Å²) in [5.41, 5.74) is 6.40. The lowest BCUT2D eigenvalue weighted by Gasteiger charge is -2.09. The molecule has 1 heterocycles. The molecule has 0 fully saturated rings. The number of rotatable bonds is 4. The van der Waals surface area contributed by atoms with Gasteiger partial charge in [0.1, 0.15) is 0 Å². The van der Waals surface area contributed by atoms with Crippen LogP contribution in [0.2, 0.25) is 5.28 Å². The average Bonchev–Trinajstić information content (AvgIpc) is 3.00. The molecule has 0 N–H and O–H groups in total. The highest BCUT2D eigenvalue weighted by Crippen LogP contribution is 2.31. The molecule has 0 aliphatic carbocycles. The molecule has 0 atom stereocenters. The molecule has 7 aromatic rings. The van der Waals surface area contributed by atoms with Crippen LogP contribution in [0.1, 0.15) is 0 Å². The van der Waals surface area contributed by atoms with Crippen LogP contribution < -0.4 is 0 Å². The van der Waals surface area contributed by atoms with Crippen LogP contribution in [0.15, 0.2) is 133 Å². The second kappa shape index (κ2) is 9.79. The molecule has 7 rings (SSSR count). The van der Waals surface area contributed by atoms with Crippen LogP contribution in [0, 0.1) is 0 Å². The molecular weight excluding hydrogens is 498 g/mol. The number of hydrogen-bond donors (Lipinski definition) is 0. The van der Waals surface area contributed by atoms with Crippen molar-refractivity contribution in [1.29, 1.82) is 0 Å². The summed E-state index contributed by atoms with van der Waals surface area (Å²) in [7, 11) is 0. The van der Waals surface area contributed by atoms with E-state index >= 15 is 0 Å². The van der Waals surface area contributed by atoms with Gasteiger partial charge >= 0.3 is 0 Å². The van der Waals surface area contributed by atoms with Gasteiger partial charge in [0.05, 0.1) is 0 Å². The Morgan fingerprint density at radius 1 is 0.333 bits per heavy atom. The Bertz CT molecular complexity index is 1980. The maximum Gasteiger partial charge on any atom is 0.226 e. The molecule has 0 amide bonds. The van der Waals surface area contributed by atoms with Gasteiger partial charge in [0.15, 0.2) is 11.6 Å². The molecule has 0 bridgehead atoms. The zero-order chi connectivity index (χ0) is 26.2. The van der Waals surface area contributed by atoms with Crippen molar-refractivity contribution in [1.82, 2.24) is 15.0 Å². The number of hydrogen-bond acceptors (Lipinski definition) is 3. The van der Waals surface area contributed by atoms with Gasteiger partial charge in [0.25, 0.3) is 0 Å². The SMILES string of the molecule is Clc1nc(-c2cccc(-c3ccc4ccccc4c3)c2)nc(-c2ccc3cc(-c4ccccc4)ccc3c2)n1. The smallest absolute Gasteiger partial charge is 0.208 e. The summed E-state index contributed by atoms with van der Waals surface area (Å²) in [5.74, 6) is 1.10. The van der Waals surface area contributed by atoms with Crippen LogP contribution in [0.25, 0.3) is 66.6 Å². The van der Waals surface area contributed by atoms with E-state index in [4.69, 9.17) is 16.6 Å². The molecule has 0 saturated carbocycles. The molecular formula is C35H22ClN3. The third kappa shape index (κ3) is 4.65. The first-order valence-electron chi connectivity index (χ1n) is 12.8. The Hall–Kier alpha value is -4.86. The molecule has 0 saturated heterocycles. The number of fused-ring (bicyclic) bond motifs is 2. The first-order valence-corrected chi connectivity index (χ1v) is 13.2. The van der Waals surface area contributed by atoms with Gasteiger partial charge in [-0.15, -0.1) is 0 Å². The standard InChI is InChI=1S/C35H22ClN3/c36-35-38-33(31-12-6-11-26(21-31)28-14-13-24-9-4-5-10-25(24)19-28)37-34(39-35)32-18-17-29-20-27(15-16-30(29)22-32)23-7-2-1-3-8-23/h1-22H. The molecule has 39 heavy (non-hydrogen) atoms. The minimum Gasteiger partial charge on any atom is -0.208 e. The predicted octanol–water partition coefficient (Wildman–Crippen LogP) is 9.50. The molecule has 184 valence electrons. The van der Waals surface area contributed by atoms with Crippen molar-refractivity contribution in [3.05, 3.63) is 139 Å². The summed E-state index contributed by atoms with van der Waals surface area (Å²) < 4.78 is 0. The highest BCUT2D eigenvalue weighted by Gasteiger charge is 2.12. The number of aromatic nitrogens is 3. The van der Waals surface area contributed by atoms with E-state index in [1.807, 2.05) is 24.3 Å². The third-order valence-corrected chi connectivity index (χ3v) is 7.19. The van der Waals surface area contributed by atoms with Crippen molar-refractivity contribution >= 4 is 33.1 Å². The Labute approximate surface area is 231 Å². The molecule has 6 aromatic carbocycles. The number of benzene rings is 6. The molecule has 0 aliphatic heterocycles. The second-order valence-electron chi connectivity index (χ2n) is 9.54. The van der Waals surface area contributed by atoms with E-state index in [1.54, 1.807) is 0 Å². The molecule has 1 aromatic heterocycles. The Balaban J connectivity index is 1.25. The van der Waals surface area contributed by atoms with Gasteiger partial charge < -0.3 is 0 Å². The summed E-state index contributed by atoms with van der Waals surface area (Å²) in [6.07, 6.45) is 0. The van der Waals surface area contributed by atoms with E-state index in [0.29, 0.717) is 11.6 Å². The van der Waals surface area contributed by atoms with Crippen LogP contribution in [0.3, 0.4) is 0 Å². The molecule has 3 nitrogen and oxygen atoms in total. The van der Waals surface area contributed by atoms with Crippen molar-refractivity contribution in [2.75, 3.05) is 0 Å². The van der Waals surface area contributed by atoms with Crippen LogP contribution >= 0.6 is 11.6 Å². The lowest BCUT2D eigenvalue weighted by Crippen LogP contribution is -1.97. The Morgan fingerprint density at radius 2 is 0.795 bits per heavy atom. The average molecular weight is 520 g/mol. The fourth-order valence-electron chi connectivity index (χ4n) is 5.01. The minimum atomic E-state index is 0.172. The number of nitrogens with zero attached hydrogens (tertiary/aromatic N) is 3. The molecule has 0 unspecified atom stereocenters. The zero-order valence-electron chi connectivity index (χ0n) is 20.9. The van der Waals surface area contributed by atoms with Crippen molar-refractivity contribution in [2.45, 2.75) is 0 Å². The highest BCUT2D eigenvalue weighted by molar-refractivity contribution is 6.28. The molecule has 4 heteroatoms. The van der Waals surface area contributed by atoms with Crippen molar-refractivity contribution in [2.24, 2.45) is 0 Å². The van der Waals surface area contributed by atoms with E-state index in [0.717, 1.165) is 33.0 Å². The van der Waals surface area contributed by atoms with Gasteiger partial charge in [-0.1, -0.05) is 109 Å². The van der Waals surface area contributed by atoms with Crippen LogP contribution in [0.4, 0.5) is 0 Å². The molecule has 0 spiro atoms. The first-order chi connectivity index (χ1) is 19.2. The normalized spacial score (nSPS) is 11.2. The van der Waals surface area contributed by atoms with E-state index in [9.17, 15) is 0 Å². The van der Waals surface area contributed by atoms with Gasteiger partial charge in [0, 0.05) is 11.1 Å². The Morgan fingerprint density at radius 3 is 1.54 bits per heavy atom. The summed E-state index contributed by atoms with van der Waals surface area (Å²) in [4.78, 5) is 13.7. The predicted molar refractivity (Wildman–Crippen MR) is 162 cm³/mol. The molecule has 0 radical (unpaired) electrons. The van der Waals surface area contributed by atoms with E-state index in [2.05, 4.69) is 119 Å². The van der Waals surface area contributed by atoms with Gasteiger partial charge in [-0.05, 0) is 79.7 Å². The quantitative estimate of drug-likeness (QED) is 0.232. The third-order valence-electron chi connectivity index (χ3n) is 7.02. The van der Waals surface area contributed by atoms with Gasteiger partial charge in [0.2, 0.25) is 5.28 Å². The van der Waals surface area contributed by atoms with Crippen LogP contribution in [0.5, 0.6) is 0 Å². The first kappa shape index (κ1) is 23.3. The summed E-state index contributed by atoms with van der Waals surface area (Å²) in [6, 6.07) is 46.2. The van der Waals surface area contributed by atoms with Crippen molar-refractivity contribution in [3.63, 3.8) is 0 Å². The monoisotopic (exact) mass is 519 g/mol. The van der Waals surface area contributed by atoms with E-state index in [-0.39, 0.29) is 5.28 Å². The summed E-state index contributed by atoms with van der Waals surface area (Å²) >= 11 is 6.42. The lowest BCUT2D eigenvalue weighted by molar-refractivity contribution is 1.07. The largest absolute Gasteiger partial charge is 0.226 e. The van der Waals surface area contributed by atoms with E-state index in [1.165, 1.54) is 21.9 Å². The minimum absolute atomic E-state index is 0.172. The zero-order valence-corrected chi connectivity index (χ0v) is 21.7. The van der Waals surface area contributed by atoms with Crippen LogP contribution in [-0.4, -0.2) is 15.0 Å². The summed E-state index contributed by atoms with van der Waals surface area (Å²) in [6.45, 7) is 0. The fourth-order valence-corrected chi connectivity index (χ4v) is 5.17. The van der Waals surface area contributed by atoms with E-state index < -0.39 is 0 Å². The maximum absolute atomic E-state index is 6.42. The summed E-state index contributed by atoms with van der Waals surface area (Å²) in [5, 5.41) is 4.87. The van der Waals surface area contributed by atoms with Crippen molar-refractivity contribution < 1.29 is 0 Å². The second-order valence-corrected chi connectivity index (χ2v) is 9.88. The molecule has 0 aliphatic rings. The van der Waals surface area contributed by atoms with Gasteiger partial charge in [-0.3, -0.25) is 0 Å².